The summed E-state index contributed by atoms with van der Waals surface area (Å²) in [6.07, 6.45) is 3.23. The van der Waals surface area contributed by atoms with E-state index in [1.54, 1.807) is 18.8 Å². The van der Waals surface area contributed by atoms with E-state index in [4.69, 9.17) is 4.74 Å². The molecule has 0 N–H and O–H groups in total. The largest absolute Gasteiger partial charge is 0.382 e. The first-order chi connectivity index (χ1) is 7.13. The van der Waals surface area contributed by atoms with Gasteiger partial charge in [-0.2, -0.15) is 5.10 Å². The minimum absolute atomic E-state index is 0.133. The maximum Gasteiger partial charge on any atom is 0.140 e. The lowest BCUT2D eigenvalue weighted by atomic mass is 10.1. The highest BCUT2D eigenvalue weighted by molar-refractivity contribution is 5.80. The molecule has 0 aromatic carbocycles. The second kappa shape index (κ2) is 5.60. The Morgan fingerprint density at radius 3 is 2.93 bits per heavy atom. The zero-order chi connectivity index (χ0) is 11.3. The van der Waals surface area contributed by atoms with Crippen molar-refractivity contribution in [2.24, 2.45) is 7.05 Å². The summed E-state index contributed by atoms with van der Waals surface area (Å²) in [7, 11) is 3.44. The number of aryl methyl sites for hydroxylation is 1. The third-order valence-corrected chi connectivity index (χ3v) is 2.39. The normalized spacial score (nSPS) is 12.7. The van der Waals surface area contributed by atoms with Crippen molar-refractivity contribution in [1.82, 2.24) is 14.8 Å². The topological polar surface area (TPSA) is 57.0 Å². The van der Waals surface area contributed by atoms with E-state index >= 15 is 0 Å². The quantitative estimate of drug-likeness (QED) is 0.696. The number of Topliss-reactive ketones (excluding diaryl/α,β-unsaturated/α-hetero) is 1. The van der Waals surface area contributed by atoms with Crippen LogP contribution in [0.1, 0.15) is 25.6 Å². The number of carbonyl (C=O) groups is 1. The van der Waals surface area contributed by atoms with E-state index in [1.807, 2.05) is 6.92 Å². The van der Waals surface area contributed by atoms with E-state index in [0.29, 0.717) is 18.7 Å². The van der Waals surface area contributed by atoms with Crippen molar-refractivity contribution in [2.45, 2.75) is 32.3 Å². The van der Waals surface area contributed by atoms with E-state index in [1.165, 1.54) is 6.33 Å². The highest BCUT2D eigenvalue weighted by Crippen LogP contribution is 2.03. The van der Waals surface area contributed by atoms with E-state index < -0.39 is 0 Å². The fourth-order valence-corrected chi connectivity index (χ4v) is 1.23. The minimum Gasteiger partial charge on any atom is -0.382 e. The van der Waals surface area contributed by atoms with Crippen LogP contribution in [0.25, 0.3) is 0 Å². The lowest BCUT2D eigenvalue weighted by Gasteiger charge is -2.07. The average Bonchev–Trinajstić information content (AvgIpc) is 2.61. The van der Waals surface area contributed by atoms with Crippen molar-refractivity contribution in [3.05, 3.63) is 12.2 Å². The van der Waals surface area contributed by atoms with Gasteiger partial charge in [-0.05, 0) is 13.3 Å². The average molecular weight is 211 g/mol. The maximum atomic E-state index is 11.5. The Morgan fingerprint density at radius 1 is 1.67 bits per heavy atom. The van der Waals surface area contributed by atoms with Crippen LogP contribution in [-0.2, 0) is 23.0 Å². The molecule has 1 rings (SSSR count). The van der Waals surface area contributed by atoms with Gasteiger partial charge in [0, 0.05) is 20.6 Å². The molecule has 0 aliphatic heterocycles. The zero-order valence-electron chi connectivity index (χ0n) is 9.43. The van der Waals surface area contributed by atoms with Crippen molar-refractivity contribution >= 4 is 5.78 Å². The van der Waals surface area contributed by atoms with Gasteiger partial charge < -0.3 is 4.74 Å². The first-order valence-electron chi connectivity index (χ1n) is 5.01. The van der Waals surface area contributed by atoms with Gasteiger partial charge in [0.05, 0.1) is 12.5 Å². The summed E-state index contributed by atoms with van der Waals surface area (Å²) >= 11 is 0. The number of nitrogens with zero attached hydrogens (tertiary/aromatic N) is 3. The third kappa shape index (κ3) is 3.79. The van der Waals surface area contributed by atoms with Gasteiger partial charge in [0.25, 0.3) is 0 Å². The highest BCUT2D eigenvalue weighted by atomic mass is 16.5. The van der Waals surface area contributed by atoms with E-state index in [-0.39, 0.29) is 11.9 Å². The first-order valence-corrected chi connectivity index (χ1v) is 5.01. The van der Waals surface area contributed by atoms with Crippen LogP contribution in [0, 0.1) is 0 Å². The summed E-state index contributed by atoms with van der Waals surface area (Å²) in [5.74, 6) is 0.889. The number of ether oxygens (including phenoxy) is 1. The Hall–Kier alpha value is -1.23. The molecule has 5 heteroatoms. The van der Waals surface area contributed by atoms with Crippen LogP contribution >= 0.6 is 0 Å². The first kappa shape index (κ1) is 11.8. The molecule has 0 saturated carbocycles. The molecular formula is C10H17N3O2. The maximum absolute atomic E-state index is 11.5. The van der Waals surface area contributed by atoms with Gasteiger partial charge in [0.2, 0.25) is 0 Å². The molecule has 0 saturated heterocycles. The number of methoxy groups -OCH3 is 1. The van der Waals surface area contributed by atoms with Crippen LogP contribution in [0.2, 0.25) is 0 Å². The molecule has 1 atom stereocenters. The number of hydrogen-bond acceptors (Lipinski definition) is 4. The lowest BCUT2D eigenvalue weighted by molar-refractivity contribution is -0.119. The second-order valence-electron chi connectivity index (χ2n) is 3.60. The summed E-state index contributed by atoms with van der Waals surface area (Å²) in [6, 6.07) is 0. The van der Waals surface area contributed by atoms with Crippen LogP contribution in [-0.4, -0.2) is 33.8 Å². The lowest BCUT2D eigenvalue weighted by Crippen LogP contribution is -2.12. The van der Waals surface area contributed by atoms with Crippen molar-refractivity contribution in [3.63, 3.8) is 0 Å². The van der Waals surface area contributed by atoms with Crippen LogP contribution < -0.4 is 0 Å². The van der Waals surface area contributed by atoms with Crippen molar-refractivity contribution in [3.8, 4) is 0 Å². The molecule has 15 heavy (non-hydrogen) atoms. The van der Waals surface area contributed by atoms with Crippen LogP contribution in [0.3, 0.4) is 0 Å². The van der Waals surface area contributed by atoms with Crippen molar-refractivity contribution in [1.29, 1.82) is 0 Å². The summed E-state index contributed by atoms with van der Waals surface area (Å²) in [6.45, 7) is 1.95. The predicted octanol–water partition coefficient (Wildman–Crippen LogP) is 0.742. The molecule has 0 bridgehead atoms. The fourth-order valence-electron chi connectivity index (χ4n) is 1.23. The molecular weight excluding hydrogens is 194 g/mol. The van der Waals surface area contributed by atoms with Crippen LogP contribution in [0.15, 0.2) is 6.33 Å². The Balaban J connectivity index is 2.34. The third-order valence-electron chi connectivity index (χ3n) is 2.39. The molecule has 0 spiro atoms. The predicted molar refractivity (Wildman–Crippen MR) is 55.4 cm³/mol. The number of rotatable bonds is 6. The molecule has 84 valence electrons. The molecule has 1 unspecified atom stereocenters. The minimum atomic E-state index is 0.133. The van der Waals surface area contributed by atoms with Gasteiger partial charge in [0.15, 0.2) is 0 Å². The molecule has 0 amide bonds. The van der Waals surface area contributed by atoms with Gasteiger partial charge in [-0.15, -0.1) is 0 Å². The van der Waals surface area contributed by atoms with Crippen LogP contribution in [0.5, 0.6) is 0 Å². The number of aromatic nitrogens is 3. The fraction of sp³-hybridized carbons (Fsp3) is 0.700. The van der Waals surface area contributed by atoms with Gasteiger partial charge in [-0.3, -0.25) is 9.48 Å². The van der Waals surface area contributed by atoms with Gasteiger partial charge >= 0.3 is 0 Å². The number of carbonyl (C=O) groups excluding carboxylic acids is 1. The van der Waals surface area contributed by atoms with Gasteiger partial charge in [-0.1, -0.05) is 0 Å². The standard InChI is InChI=1S/C10H17N3O2/c1-8(15-3)4-5-9(14)6-10-11-7-12-13(10)2/h7-8H,4-6H2,1-3H3. The molecule has 0 aliphatic rings. The summed E-state index contributed by atoms with van der Waals surface area (Å²) < 4.78 is 6.70. The summed E-state index contributed by atoms with van der Waals surface area (Å²) in [5.41, 5.74) is 0. The summed E-state index contributed by atoms with van der Waals surface area (Å²) in [4.78, 5) is 15.5. The van der Waals surface area contributed by atoms with Gasteiger partial charge in [0.1, 0.15) is 17.9 Å². The second-order valence-corrected chi connectivity index (χ2v) is 3.60. The smallest absolute Gasteiger partial charge is 0.140 e. The highest BCUT2D eigenvalue weighted by Gasteiger charge is 2.09. The van der Waals surface area contributed by atoms with E-state index in [0.717, 1.165) is 6.42 Å². The molecule has 1 heterocycles. The molecule has 0 fully saturated rings. The van der Waals surface area contributed by atoms with Crippen molar-refractivity contribution in [2.75, 3.05) is 7.11 Å². The Bertz CT molecular complexity index is 322. The SMILES string of the molecule is COC(C)CCC(=O)Cc1ncnn1C. The van der Waals surface area contributed by atoms with Crippen molar-refractivity contribution < 1.29 is 9.53 Å². The Labute approximate surface area is 89.5 Å². The zero-order valence-corrected chi connectivity index (χ0v) is 9.43. The monoisotopic (exact) mass is 211 g/mol. The molecule has 0 aliphatic carbocycles. The Morgan fingerprint density at radius 2 is 2.40 bits per heavy atom. The summed E-state index contributed by atoms with van der Waals surface area (Å²) in [5, 5.41) is 3.91. The molecule has 1 aromatic heterocycles. The van der Waals surface area contributed by atoms with Crippen LogP contribution in [0.4, 0.5) is 0 Å². The molecule has 5 nitrogen and oxygen atoms in total. The molecule has 1 aromatic rings. The Kier molecular flexibility index (Phi) is 4.42. The number of ketones is 1. The van der Waals surface area contributed by atoms with Gasteiger partial charge in [-0.25, -0.2) is 4.98 Å². The van der Waals surface area contributed by atoms with E-state index in [2.05, 4.69) is 10.1 Å². The van der Waals surface area contributed by atoms with E-state index in [9.17, 15) is 4.79 Å². The number of hydrogen-bond donors (Lipinski definition) is 0. The molecule has 0 radical (unpaired) electrons.